The molecule has 13 heavy (non-hydrogen) atoms. The predicted octanol–water partition coefficient (Wildman–Crippen LogP) is 0.330. The summed E-state index contributed by atoms with van der Waals surface area (Å²) in [6, 6.07) is 0. The van der Waals surface area contributed by atoms with Crippen LogP contribution >= 0.6 is 11.8 Å². The summed E-state index contributed by atoms with van der Waals surface area (Å²) < 4.78 is 0. The third-order valence-electron chi connectivity index (χ3n) is 1.72. The van der Waals surface area contributed by atoms with Crippen molar-refractivity contribution in [2.45, 2.75) is 12.8 Å². The predicted molar refractivity (Wildman–Crippen MR) is 50.7 cm³/mol. The van der Waals surface area contributed by atoms with E-state index in [9.17, 15) is 9.59 Å². The van der Waals surface area contributed by atoms with Gasteiger partial charge in [0.25, 0.3) is 0 Å². The highest BCUT2D eigenvalue weighted by molar-refractivity contribution is 7.99. The first-order valence-corrected chi connectivity index (χ1v) is 5.43. The zero-order valence-corrected chi connectivity index (χ0v) is 8.10. The molecule has 0 unspecified atom stereocenters. The number of nitrogens with one attached hydrogen (secondary N) is 1. The molecule has 74 valence electrons. The number of hydrogen-bond donors (Lipinski definition) is 2. The molecule has 2 N–H and O–H groups in total. The van der Waals surface area contributed by atoms with Crippen LogP contribution in [-0.2, 0) is 9.59 Å². The lowest BCUT2D eigenvalue weighted by atomic mass is 10.4. The second kappa shape index (κ2) is 5.11. The van der Waals surface area contributed by atoms with Crippen molar-refractivity contribution in [3.05, 3.63) is 0 Å². The second-order valence-electron chi connectivity index (χ2n) is 3.01. The Morgan fingerprint density at radius 2 is 2.15 bits per heavy atom. The maximum Gasteiger partial charge on any atom is 0.313 e. The Bertz CT molecular complexity index is 204. The van der Waals surface area contributed by atoms with Crippen molar-refractivity contribution in [1.29, 1.82) is 0 Å². The van der Waals surface area contributed by atoms with Gasteiger partial charge >= 0.3 is 5.97 Å². The summed E-state index contributed by atoms with van der Waals surface area (Å²) >= 11 is 1.32. The van der Waals surface area contributed by atoms with Crippen LogP contribution in [0.4, 0.5) is 0 Å². The third-order valence-corrected chi connectivity index (χ3v) is 2.66. The van der Waals surface area contributed by atoms with Crippen molar-refractivity contribution in [3.63, 3.8) is 0 Å². The van der Waals surface area contributed by atoms with Gasteiger partial charge in [-0.05, 0) is 12.8 Å². The van der Waals surface area contributed by atoms with Gasteiger partial charge in [-0.15, -0.1) is 11.8 Å². The van der Waals surface area contributed by atoms with Crippen molar-refractivity contribution < 1.29 is 14.7 Å². The number of carbonyl (C=O) groups is 2. The van der Waals surface area contributed by atoms with Gasteiger partial charge in [0, 0.05) is 18.2 Å². The minimum absolute atomic E-state index is 0.110. The fourth-order valence-corrected chi connectivity index (χ4v) is 1.46. The first-order chi connectivity index (χ1) is 6.20. The Balaban J connectivity index is 1.88. The molecule has 0 aromatic carbocycles. The molecule has 0 aromatic heterocycles. The number of hydrogen-bond acceptors (Lipinski definition) is 3. The highest BCUT2D eigenvalue weighted by Crippen LogP contribution is 2.28. The van der Waals surface area contributed by atoms with E-state index in [1.165, 1.54) is 11.8 Å². The number of thioether (sulfide) groups is 1. The molecule has 0 bridgehead atoms. The van der Waals surface area contributed by atoms with Gasteiger partial charge in [0.05, 0.1) is 5.75 Å². The van der Waals surface area contributed by atoms with Gasteiger partial charge < -0.3 is 10.4 Å². The average Bonchev–Trinajstić information content (AvgIpc) is 2.85. The normalized spacial score (nSPS) is 15.4. The number of rotatable bonds is 6. The van der Waals surface area contributed by atoms with Gasteiger partial charge in [0.1, 0.15) is 0 Å². The van der Waals surface area contributed by atoms with E-state index in [0.29, 0.717) is 12.3 Å². The Labute approximate surface area is 81.1 Å². The van der Waals surface area contributed by atoms with Crippen LogP contribution < -0.4 is 5.32 Å². The number of carboxylic acid groups (broad SMARTS) is 1. The van der Waals surface area contributed by atoms with Crippen LogP contribution in [0, 0.1) is 5.92 Å². The van der Waals surface area contributed by atoms with Crippen LogP contribution in [0.25, 0.3) is 0 Å². The molecule has 0 heterocycles. The molecular weight excluding hydrogens is 190 g/mol. The number of aliphatic carboxylic acids is 1. The van der Waals surface area contributed by atoms with Gasteiger partial charge in [-0.2, -0.15) is 0 Å². The highest BCUT2D eigenvalue weighted by atomic mass is 32.2. The zero-order valence-electron chi connectivity index (χ0n) is 7.28. The molecule has 5 heteroatoms. The minimum atomic E-state index is -0.807. The quantitative estimate of drug-likeness (QED) is 0.610. The summed E-state index contributed by atoms with van der Waals surface area (Å²) in [4.78, 5) is 21.2. The Hall–Kier alpha value is -0.710. The summed E-state index contributed by atoms with van der Waals surface area (Å²) in [5, 5.41) is 11.1. The second-order valence-corrected chi connectivity index (χ2v) is 4.12. The Morgan fingerprint density at radius 1 is 1.46 bits per heavy atom. The van der Waals surface area contributed by atoms with Crippen molar-refractivity contribution in [2.24, 2.45) is 5.92 Å². The topological polar surface area (TPSA) is 66.4 Å². The van der Waals surface area contributed by atoms with Crippen LogP contribution in [-0.4, -0.2) is 35.0 Å². The van der Waals surface area contributed by atoms with Gasteiger partial charge in [0.15, 0.2) is 0 Å². The molecule has 0 radical (unpaired) electrons. The molecule has 1 rings (SSSR count). The lowest BCUT2D eigenvalue weighted by Crippen LogP contribution is -2.27. The maximum atomic E-state index is 11.1. The van der Waals surface area contributed by atoms with E-state index in [4.69, 9.17) is 5.11 Å². The molecule has 0 saturated heterocycles. The largest absolute Gasteiger partial charge is 0.481 e. The zero-order chi connectivity index (χ0) is 9.68. The molecule has 0 aromatic rings. The summed E-state index contributed by atoms with van der Waals surface area (Å²) in [5.41, 5.74) is 0. The van der Waals surface area contributed by atoms with Gasteiger partial charge in [0.2, 0.25) is 5.91 Å². The summed E-state index contributed by atoms with van der Waals surface area (Å²) in [6.45, 7) is 0.577. The van der Waals surface area contributed by atoms with E-state index in [1.54, 1.807) is 0 Å². The molecule has 0 atom stereocenters. The lowest BCUT2D eigenvalue weighted by Gasteiger charge is -2.02. The van der Waals surface area contributed by atoms with E-state index in [-0.39, 0.29) is 17.6 Å². The summed E-state index contributed by atoms with van der Waals surface area (Å²) in [7, 11) is 0. The van der Waals surface area contributed by atoms with Crippen LogP contribution in [0.3, 0.4) is 0 Å². The van der Waals surface area contributed by atoms with Crippen LogP contribution in [0.15, 0.2) is 0 Å². The summed E-state index contributed by atoms with van der Waals surface area (Å²) in [5.74, 6) is 0.336. The van der Waals surface area contributed by atoms with Crippen molar-refractivity contribution in [1.82, 2.24) is 5.32 Å². The van der Waals surface area contributed by atoms with E-state index >= 15 is 0 Å². The SMILES string of the molecule is O=C(O)CSCCNC(=O)C1CC1. The molecule has 1 amide bonds. The molecule has 1 fully saturated rings. The summed E-state index contributed by atoms with van der Waals surface area (Å²) in [6.07, 6.45) is 2.02. The standard InChI is InChI=1S/C8H13NO3S/c10-7(11)5-13-4-3-9-8(12)6-1-2-6/h6H,1-5H2,(H,9,12)(H,10,11). The fraction of sp³-hybridized carbons (Fsp3) is 0.750. The number of carboxylic acids is 1. The van der Waals surface area contributed by atoms with Crippen molar-refractivity contribution in [3.8, 4) is 0 Å². The molecule has 0 spiro atoms. The maximum absolute atomic E-state index is 11.1. The third kappa shape index (κ3) is 4.77. The Kier molecular flexibility index (Phi) is 4.08. The number of amides is 1. The van der Waals surface area contributed by atoms with E-state index in [2.05, 4.69) is 5.32 Å². The van der Waals surface area contributed by atoms with Gasteiger partial charge in [-0.25, -0.2) is 0 Å². The van der Waals surface area contributed by atoms with E-state index < -0.39 is 5.97 Å². The molecule has 1 saturated carbocycles. The van der Waals surface area contributed by atoms with Crippen LogP contribution in [0.2, 0.25) is 0 Å². The molecule has 4 nitrogen and oxygen atoms in total. The fourth-order valence-electron chi connectivity index (χ4n) is 0.896. The van der Waals surface area contributed by atoms with Gasteiger partial charge in [-0.3, -0.25) is 9.59 Å². The molecule has 0 aliphatic heterocycles. The Morgan fingerprint density at radius 3 is 2.69 bits per heavy atom. The monoisotopic (exact) mass is 203 g/mol. The molecular formula is C8H13NO3S. The van der Waals surface area contributed by atoms with Crippen molar-refractivity contribution in [2.75, 3.05) is 18.1 Å². The number of carbonyl (C=O) groups excluding carboxylic acids is 1. The first kappa shape index (κ1) is 10.4. The average molecular weight is 203 g/mol. The minimum Gasteiger partial charge on any atom is -0.481 e. The smallest absolute Gasteiger partial charge is 0.313 e. The van der Waals surface area contributed by atoms with Crippen LogP contribution in [0.1, 0.15) is 12.8 Å². The van der Waals surface area contributed by atoms with Crippen molar-refractivity contribution >= 4 is 23.6 Å². The lowest BCUT2D eigenvalue weighted by molar-refractivity contribution is -0.133. The molecule has 1 aliphatic rings. The van der Waals surface area contributed by atoms with E-state index in [0.717, 1.165) is 12.8 Å². The first-order valence-electron chi connectivity index (χ1n) is 4.27. The van der Waals surface area contributed by atoms with E-state index in [1.807, 2.05) is 0 Å². The highest BCUT2D eigenvalue weighted by Gasteiger charge is 2.28. The van der Waals surface area contributed by atoms with Gasteiger partial charge in [-0.1, -0.05) is 0 Å². The van der Waals surface area contributed by atoms with Crippen LogP contribution in [0.5, 0.6) is 0 Å². The molecule has 1 aliphatic carbocycles.